The number of fused-ring (bicyclic) bond motifs is 1. The van der Waals surface area contributed by atoms with Gasteiger partial charge < -0.3 is 19.3 Å². The van der Waals surface area contributed by atoms with Crippen molar-refractivity contribution in [3.8, 4) is 0 Å². The number of amidine groups is 1. The topological polar surface area (TPSA) is 71.4 Å². The van der Waals surface area contributed by atoms with Gasteiger partial charge in [0, 0.05) is 23.8 Å². The van der Waals surface area contributed by atoms with Crippen molar-refractivity contribution in [1.82, 2.24) is 9.80 Å². The third kappa shape index (κ3) is 5.28. The fourth-order valence-corrected chi connectivity index (χ4v) is 5.09. The lowest BCUT2D eigenvalue weighted by Crippen LogP contribution is -2.42. The van der Waals surface area contributed by atoms with Crippen LogP contribution in [0.25, 0.3) is 0 Å². The van der Waals surface area contributed by atoms with E-state index >= 15 is 0 Å². The van der Waals surface area contributed by atoms with Gasteiger partial charge in [-0.05, 0) is 50.8 Å². The predicted octanol–water partition coefficient (Wildman–Crippen LogP) is 4.51. The van der Waals surface area contributed by atoms with Crippen molar-refractivity contribution in [2.75, 3.05) is 26.3 Å². The summed E-state index contributed by atoms with van der Waals surface area (Å²) in [5, 5.41) is 3.30. The van der Waals surface area contributed by atoms with E-state index in [2.05, 4.69) is 0 Å². The van der Waals surface area contributed by atoms with Crippen molar-refractivity contribution < 1.29 is 19.1 Å². The number of morpholine rings is 1. The second-order valence-electron chi connectivity index (χ2n) is 9.12. The molecule has 3 aliphatic heterocycles. The summed E-state index contributed by atoms with van der Waals surface area (Å²) < 4.78 is 11.1. The Bertz CT molecular complexity index is 1040. The van der Waals surface area contributed by atoms with Crippen LogP contribution < -0.4 is 0 Å². The molecule has 1 atom stereocenters. The molecule has 4 rings (SSSR count). The van der Waals surface area contributed by atoms with E-state index in [9.17, 15) is 9.59 Å². The van der Waals surface area contributed by atoms with Crippen LogP contribution in [0, 0.1) is 0 Å². The maximum absolute atomic E-state index is 13.3. The summed E-state index contributed by atoms with van der Waals surface area (Å²) in [6, 6.07) is 6.94. The predicted molar refractivity (Wildman–Crippen MR) is 130 cm³/mol. The van der Waals surface area contributed by atoms with Gasteiger partial charge in [0.2, 0.25) is 5.91 Å². The number of aliphatic imine (C=N–C) groups is 1. The first-order valence-electron chi connectivity index (χ1n) is 10.9. The number of nitrogens with zero attached hydrogens (tertiary/aromatic N) is 3. The van der Waals surface area contributed by atoms with E-state index < -0.39 is 17.6 Å². The van der Waals surface area contributed by atoms with Crippen LogP contribution in [0.15, 0.2) is 51.6 Å². The summed E-state index contributed by atoms with van der Waals surface area (Å²) in [5.74, 6) is -0.384. The first kappa shape index (κ1) is 23.9. The molecule has 176 valence electrons. The molecule has 0 N–H and O–H groups in total. The highest BCUT2D eigenvalue weighted by molar-refractivity contribution is 8.16. The maximum atomic E-state index is 13.3. The number of allylic oxidation sites excluding steroid dienone is 1. The van der Waals surface area contributed by atoms with Crippen LogP contribution in [0.3, 0.4) is 0 Å². The van der Waals surface area contributed by atoms with Crippen molar-refractivity contribution in [3.63, 3.8) is 0 Å². The van der Waals surface area contributed by atoms with Crippen molar-refractivity contribution in [3.05, 3.63) is 57.2 Å². The number of esters is 1. The summed E-state index contributed by atoms with van der Waals surface area (Å²) in [6.07, 6.45) is 0.219. The number of benzene rings is 1. The monoisotopic (exact) mass is 489 g/mol. The zero-order chi connectivity index (χ0) is 23.8. The summed E-state index contributed by atoms with van der Waals surface area (Å²) >= 11 is 7.60. The van der Waals surface area contributed by atoms with Crippen LogP contribution in [0.5, 0.6) is 0 Å². The largest absolute Gasteiger partial charge is 0.456 e. The minimum atomic E-state index is -0.649. The van der Waals surface area contributed by atoms with Gasteiger partial charge in [-0.2, -0.15) is 0 Å². The van der Waals surface area contributed by atoms with Crippen LogP contribution in [0.1, 0.15) is 45.7 Å². The number of carbonyl (C=O) groups is 2. The van der Waals surface area contributed by atoms with E-state index in [0.717, 1.165) is 16.4 Å². The Morgan fingerprint density at radius 3 is 2.52 bits per heavy atom. The van der Waals surface area contributed by atoms with E-state index in [1.54, 1.807) is 12.1 Å². The number of halogens is 1. The summed E-state index contributed by atoms with van der Waals surface area (Å²) in [5.41, 5.74) is 2.10. The normalized spacial score (nSPS) is 20.9. The SMILES string of the molecule is CC1=C(C(=O)OC(C)(C)C)[C@H](c2ccc(Cl)cc2)N2C(CC(=O)N3CCOCC3)=CSC2=N1. The highest BCUT2D eigenvalue weighted by Crippen LogP contribution is 2.45. The molecular weight excluding hydrogens is 462 g/mol. The van der Waals surface area contributed by atoms with Gasteiger partial charge in [-0.15, -0.1) is 0 Å². The zero-order valence-electron chi connectivity index (χ0n) is 19.3. The van der Waals surface area contributed by atoms with E-state index in [4.69, 9.17) is 26.1 Å². The van der Waals surface area contributed by atoms with Crippen molar-refractivity contribution in [2.24, 2.45) is 4.99 Å². The Balaban J connectivity index is 1.70. The summed E-state index contributed by atoms with van der Waals surface area (Å²) in [6.45, 7) is 9.62. The van der Waals surface area contributed by atoms with Crippen LogP contribution in [0.2, 0.25) is 5.02 Å². The van der Waals surface area contributed by atoms with E-state index in [1.807, 2.05) is 55.0 Å². The third-order valence-electron chi connectivity index (χ3n) is 5.50. The van der Waals surface area contributed by atoms with Gasteiger partial charge in [0.1, 0.15) is 5.60 Å². The first-order valence-corrected chi connectivity index (χ1v) is 12.2. The lowest BCUT2D eigenvalue weighted by atomic mass is 9.93. The van der Waals surface area contributed by atoms with Crippen molar-refractivity contribution >= 4 is 40.4 Å². The molecule has 33 heavy (non-hydrogen) atoms. The summed E-state index contributed by atoms with van der Waals surface area (Å²) in [4.78, 5) is 34.8. The quantitative estimate of drug-likeness (QED) is 0.580. The van der Waals surface area contributed by atoms with E-state index in [-0.39, 0.29) is 12.3 Å². The molecule has 0 spiro atoms. The zero-order valence-corrected chi connectivity index (χ0v) is 20.8. The maximum Gasteiger partial charge on any atom is 0.338 e. The molecule has 3 aliphatic rings. The van der Waals surface area contributed by atoms with Gasteiger partial charge in [-0.1, -0.05) is 35.5 Å². The lowest BCUT2D eigenvalue weighted by molar-refractivity contribution is -0.150. The minimum absolute atomic E-state index is 0.0337. The number of rotatable bonds is 4. The molecule has 0 unspecified atom stereocenters. The molecule has 0 aromatic heterocycles. The highest BCUT2D eigenvalue weighted by atomic mass is 35.5. The van der Waals surface area contributed by atoms with Crippen molar-refractivity contribution in [1.29, 1.82) is 0 Å². The molecule has 9 heteroatoms. The number of carbonyl (C=O) groups excluding carboxylic acids is 2. The van der Waals surface area contributed by atoms with E-state index in [0.29, 0.717) is 42.6 Å². The number of hydrogen-bond acceptors (Lipinski definition) is 7. The van der Waals surface area contributed by atoms with Crippen molar-refractivity contribution in [2.45, 2.75) is 45.8 Å². The van der Waals surface area contributed by atoms with Gasteiger partial charge in [-0.25, -0.2) is 9.79 Å². The molecule has 1 aromatic rings. The van der Waals surface area contributed by atoms with E-state index in [1.165, 1.54) is 11.8 Å². The van der Waals surface area contributed by atoms with Crippen LogP contribution >= 0.6 is 23.4 Å². The lowest BCUT2D eigenvalue weighted by Gasteiger charge is -2.37. The standard InChI is InChI=1S/C24H28ClN3O4S/c1-15-20(22(30)32-24(2,3)4)21(16-5-7-17(25)8-6-16)28-18(14-33-23(28)26-15)13-19(29)27-9-11-31-12-10-27/h5-8,14,21H,9-13H2,1-4H3/t21-/m0/s1. The van der Waals surface area contributed by atoms with Gasteiger partial charge in [0.05, 0.1) is 36.9 Å². The molecule has 0 radical (unpaired) electrons. The molecule has 1 fully saturated rings. The molecule has 1 saturated heterocycles. The molecule has 0 saturated carbocycles. The molecular formula is C24H28ClN3O4S. The molecule has 0 aliphatic carbocycles. The Kier molecular flexibility index (Phi) is 6.88. The molecule has 1 amide bonds. The van der Waals surface area contributed by atoms with Crippen LogP contribution in [-0.2, 0) is 19.1 Å². The molecule has 7 nitrogen and oxygen atoms in total. The molecule has 0 bridgehead atoms. The van der Waals surface area contributed by atoms with Crippen LogP contribution in [0.4, 0.5) is 0 Å². The van der Waals surface area contributed by atoms with Gasteiger partial charge in [-0.3, -0.25) is 4.79 Å². The first-order chi connectivity index (χ1) is 15.6. The summed E-state index contributed by atoms with van der Waals surface area (Å²) in [7, 11) is 0. The number of ether oxygens (including phenoxy) is 2. The Labute approximate surface area is 203 Å². The Hall–Kier alpha value is -2.29. The fourth-order valence-electron chi connectivity index (χ4n) is 4.00. The average Bonchev–Trinajstić information content (AvgIpc) is 3.14. The number of thioether (sulfide) groups is 1. The Morgan fingerprint density at radius 1 is 1.21 bits per heavy atom. The molecule has 3 heterocycles. The highest BCUT2D eigenvalue weighted by Gasteiger charge is 2.42. The second kappa shape index (κ2) is 9.52. The second-order valence-corrected chi connectivity index (χ2v) is 10.4. The van der Waals surface area contributed by atoms with Gasteiger partial charge >= 0.3 is 5.97 Å². The number of amides is 1. The number of hydrogen-bond donors (Lipinski definition) is 0. The minimum Gasteiger partial charge on any atom is -0.456 e. The van der Waals surface area contributed by atoms with Gasteiger partial charge in [0.15, 0.2) is 5.17 Å². The fraction of sp³-hybridized carbons (Fsp3) is 0.458. The van der Waals surface area contributed by atoms with Crippen LogP contribution in [-0.4, -0.2) is 58.7 Å². The average molecular weight is 490 g/mol. The smallest absolute Gasteiger partial charge is 0.338 e. The third-order valence-corrected chi connectivity index (χ3v) is 6.64. The Morgan fingerprint density at radius 2 is 1.88 bits per heavy atom. The van der Waals surface area contributed by atoms with Gasteiger partial charge in [0.25, 0.3) is 0 Å². The molecule has 1 aromatic carbocycles.